The van der Waals surface area contributed by atoms with Crippen LogP contribution in [0.4, 0.5) is 0 Å². The van der Waals surface area contributed by atoms with E-state index in [0.29, 0.717) is 12.1 Å². The highest BCUT2D eigenvalue weighted by Gasteiger charge is 2.06. The van der Waals surface area contributed by atoms with E-state index in [1.807, 2.05) is 0 Å². The Bertz CT molecular complexity index is 172. The monoisotopic (exact) mass is 125 g/mol. The summed E-state index contributed by atoms with van der Waals surface area (Å²) in [6.07, 6.45) is 4.67. The highest BCUT2D eigenvalue weighted by atomic mass is 16.3. The molecule has 1 atom stereocenters. The molecule has 0 spiro atoms. The van der Waals surface area contributed by atoms with Crippen LogP contribution in [-0.2, 0) is 0 Å². The minimum atomic E-state index is -0.525. The molecule has 0 aliphatic heterocycles. The Balaban J connectivity index is 2.65. The second-order valence-corrected chi connectivity index (χ2v) is 1.91. The summed E-state index contributed by atoms with van der Waals surface area (Å²) < 4.78 is 0. The molecular formula is C6H7NO2. The summed E-state index contributed by atoms with van der Waals surface area (Å²) in [6.45, 7) is 0. The highest BCUT2D eigenvalue weighted by molar-refractivity contribution is 5.19. The Labute approximate surface area is 52.7 Å². The van der Waals surface area contributed by atoms with Gasteiger partial charge in [-0.05, 0) is 11.3 Å². The second-order valence-electron chi connectivity index (χ2n) is 1.91. The van der Waals surface area contributed by atoms with E-state index in [4.69, 9.17) is 5.11 Å². The SMILES string of the molecule is O=NC1=CC=C[C@H](O)C1. The zero-order valence-electron chi connectivity index (χ0n) is 4.82. The Morgan fingerprint density at radius 3 is 3.00 bits per heavy atom. The summed E-state index contributed by atoms with van der Waals surface area (Å²) in [4.78, 5) is 9.84. The molecule has 0 aromatic rings. The molecule has 48 valence electrons. The van der Waals surface area contributed by atoms with Crippen molar-refractivity contribution in [1.29, 1.82) is 0 Å². The smallest absolute Gasteiger partial charge is 0.0877 e. The first-order chi connectivity index (χ1) is 4.33. The van der Waals surface area contributed by atoms with E-state index >= 15 is 0 Å². The summed E-state index contributed by atoms with van der Waals surface area (Å²) in [5.74, 6) is 0. The zero-order valence-corrected chi connectivity index (χ0v) is 4.82. The van der Waals surface area contributed by atoms with Crippen LogP contribution >= 0.6 is 0 Å². The lowest BCUT2D eigenvalue weighted by Gasteiger charge is -2.05. The van der Waals surface area contributed by atoms with Crippen molar-refractivity contribution in [1.82, 2.24) is 0 Å². The first-order valence-corrected chi connectivity index (χ1v) is 2.71. The van der Waals surface area contributed by atoms with Gasteiger partial charge in [0.2, 0.25) is 0 Å². The van der Waals surface area contributed by atoms with Crippen molar-refractivity contribution in [2.45, 2.75) is 12.5 Å². The lowest BCUT2D eigenvalue weighted by atomic mass is 10.1. The number of nitroso groups, excluding NO2 is 1. The lowest BCUT2D eigenvalue weighted by Crippen LogP contribution is -2.04. The molecule has 0 aromatic heterocycles. The van der Waals surface area contributed by atoms with Gasteiger partial charge in [-0.2, -0.15) is 0 Å². The molecular weight excluding hydrogens is 118 g/mol. The van der Waals surface area contributed by atoms with Crippen molar-refractivity contribution in [2.75, 3.05) is 0 Å². The van der Waals surface area contributed by atoms with Crippen molar-refractivity contribution < 1.29 is 5.11 Å². The predicted molar refractivity (Wildman–Crippen MR) is 33.6 cm³/mol. The van der Waals surface area contributed by atoms with Gasteiger partial charge in [-0.3, -0.25) is 0 Å². The minimum absolute atomic E-state index is 0.347. The summed E-state index contributed by atoms with van der Waals surface area (Å²) in [5, 5.41) is 11.6. The maximum Gasteiger partial charge on any atom is 0.0877 e. The fourth-order valence-corrected chi connectivity index (χ4v) is 0.713. The number of aliphatic hydroxyl groups excluding tert-OH is 1. The molecule has 3 nitrogen and oxygen atoms in total. The number of hydrogen-bond acceptors (Lipinski definition) is 3. The average Bonchev–Trinajstić information content (AvgIpc) is 1.88. The Morgan fingerprint density at radius 1 is 1.78 bits per heavy atom. The third-order valence-electron chi connectivity index (χ3n) is 1.16. The van der Waals surface area contributed by atoms with Crippen molar-refractivity contribution in [2.24, 2.45) is 5.18 Å². The Kier molecular flexibility index (Phi) is 1.75. The van der Waals surface area contributed by atoms with E-state index < -0.39 is 6.10 Å². The highest BCUT2D eigenvalue weighted by Crippen LogP contribution is 2.12. The number of hydrogen-bond donors (Lipinski definition) is 1. The minimum Gasteiger partial charge on any atom is -0.389 e. The Hall–Kier alpha value is -0.960. The molecule has 0 saturated heterocycles. The number of allylic oxidation sites excluding steroid dienone is 2. The molecule has 1 aliphatic carbocycles. The van der Waals surface area contributed by atoms with E-state index in [-0.39, 0.29) is 0 Å². The average molecular weight is 125 g/mol. The van der Waals surface area contributed by atoms with E-state index in [2.05, 4.69) is 5.18 Å². The number of aliphatic hydroxyl groups is 1. The number of nitrogens with zero attached hydrogens (tertiary/aromatic N) is 1. The van der Waals surface area contributed by atoms with E-state index in [9.17, 15) is 4.91 Å². The third-order valence-corrected chi connectivity index (χ3v) is 1.16. The van der Waals surface area contributed by atoms with Gasteiger partial charge in [0, 0.05) is 6.42 Å². The van der Waals surface area contributed by atoms with Gasteiger partial charge in [0.05, 0.1) is 11.8 Å². The summed E-state index contributed by atoms with van der Waals surface area (Å²) in [5.41, 5.74) is 0.407. The molecule has 3 heteroatoms. The quantitative estimate of drug-likeness (QED) is 0.530. The van der Waals surface area contributed by atoms with Crippen LogP contribution in [-0.4, -0.2) is 11.2 Å². The first-order valence-electron chi connectivity index (χ1n) is 2.71. The van der Waals surface area contributed by atoms with Crippen molar-refractivity contribution in [3.63, 3.8) is 0 Å². The second kappa shape index (κ2) is 2.55. The molecule has 0 heterocycles. The first kappa shape index (κ1) is 6.16. The van der Waals surface area contributed by atoms with Crippen molar-refractivity contribution in [3.8, 4) is 0 Å². The van der Waals surface area contributed by atoms with Gasteiger partial charge < -0.3 is 5.11 Å². The van der Waals surface area contributed by atoms with E-state index in [1.165, 1.54) is 0 Å². The van der Waals surface area contributed by atoms with Gasteiger partial charge in [-0.1, -0.05) is 12.2 Å². The molecule has 0 bridgehead atoms. The fraction of sp³-hybridized carbons (Fsp3) is 0.333. The third kappa shape index (κ3) is 1.47. The van der Waals surface area contributed by atoms with Gasteiger partial charge in [-0.15, -0.1) is 4.91 Å². The molecule has 1 N–H and O–H groups in total. The van der Waals surface area contributed by atoms with Crippen LogP contribution in [0.2, 0.25) is 0 Å². The van der Waals surface area contributed by atoms with E-state index in [1.54, 1.807) is 18.2 Å². The van der Waals surface area contributed by atoms with Crippen LogP contribution in [0, 0.1) is 4.91 Å². The van der Waals surface area contributed by atoms with Crippen LogP contribution in [0.1, 0.15) is 6.42 Å². The van der Waals surface area contributed by atoms with Crippen LogP contribution in [0.3, 0.4) is 0 Å². The molecule has 0 aromatic carbocycles. The van der Waals surface area contributed by atoms with Crippen molar-refractivity contribution in [3.05, 3.63) is 28.8 Å². The van der Waals surface area contributed by atoms with Gasteiger partial charge in [0.25, 0.3) is 0 Å². The summed E-state index contributed by atoms with van der Waals surface area (Å²) >= 11 is 0. The lowest BCUT2D eigenvalue weighted by molar-refractivity contribution is 0.221. The Morgan fingerprint density at radius 2 is 2.56 bits per heavy atom. The molecule has 0 fully saturated rings. The molecule has 1 rings (SSSR count). The standard InChI is InChI=1S/C6H7NO2/c8-6-3-1-2-5(4-6)7-9/h1-3,6,8H,4H2/t6-/m0/s1. The van der Waals surface area contributed by atoms with Crippen LogP contribution in [0.15, 0.2) is 29.1 Å². The normalized spacial score (nSPS) is 25.4. The molecule has 1 aliphatic rings. The summed E-state index contributed by atoms with van der Waals surface area (Å²) in [6, 6.07) is 0. The predicted octanol–water partition coefficient (Wildman–Crippen LogP) is 0.958. The van der Waals surface area contributed by atoms with E-state index in [0.717, 1.165) is 0 Å². The van der Waals surface area contributed by atoms with Gasteiger partial charge in [0.1, 0.15) is 0 Å². The van der Waals surface area contributed by atoms with Gasteiger partial charge in [0.15, 0.2) is 0 Å². The number of rotatable bonds is 1. The maximum atomic E-state index is 9.84. The fourth-order valence-electron chi connectivity index (χ4n) is 0.713. The van der Waals surface area contributed by atoms with Crippen molar-refractivity contribution >= 4 is 0 Å². The molecule has 0 unspecified atom stereocenters. The molecule has 0 saturated carbocycles. The molecule has 0 amide bonds. The van der Waals surface area contributed by atoms with Crippen LogP contribution in [0.5, 0.6) is 0 Å². The van der Waals surface area contributed by atoms with Crippen LogP contribution in [0.25, 0.3) is 0 Å². The zero-order chi connectivity index (χ0) is 6.69. The molecule has 0 radical (unpaired) electrons. The van der Waals surface area contributed by atoms with Gasteiger partial charge >= 0.3 is 0 Å². The topological polar surface area (TPSA) is 49.7 Å². The van der Waals surface area contributed by atoms with Crippen LogP contribution < -0.4 is 0 Å². The largest absolute Gasteiger partial charge is 0.389 e. The summed E-state index contributed by atoms with van der Waals surface area (Å²) in [7, 11) is 0. The van der Waals surface area contributed by atoms with Gasteiger partial charge in [-0.25, -0.2) is 0 Å². The molecule has 9 heavy (non-hydrogen) atoms. The maximum absolute atomic E-state index is 9.84.